The van der Waals surface area contributed by atoms with Crippen molar-refractivity contribution in [1.29, 1.82) is 0 Å². The fraction of sp³-hybridized carbons (Fsp3) is 0.550. The first-order valence-corrected chi connectivity index (χ1v) is 51.2. The van der Waals surface area contributed by atoms with Gasteiger partial charge in [-0.1, -0.05) is 136 Å². The van der Waals surface area contributed by atoms with Crippen LogP contribution >= 0.6 is 11.6 Å². The number of benzene rings is 2. The molecule has 10 aromatic heterocycles. The highest BCUT2D eigenvalue weighted by atomic mass is 35.5. The smallest absolute Gasteiger partial charge is 0.316 e. The molecule has 2 aromatic carbocycles. The van der Waals surface area contributed by atoms with Gasteiger partial charge in [0.05, 0.1) is 56.6 Å². The van der Waals surface area contributed by atoms with Gasteiger partial charge in [0.2, 0.25) is 5.82 Å². The quantitative estimate of drug-likeness (QED) is 0.0327. The molecule has 140 heavy (non-hydrogen) atoms. The van der Waals surface area contributed by atoms with Gasteiger partial charge in [0.1, 0.15) is 58.0 Å². The van der Waals surface area contributed by atoms with E-state index in [0.717, 1.165) is 176 Å². The molecular formula is C111H133ClF3N19O6. The van der Waals surface area contributed by atoms with Gasteiger partial charge in [-0.05, 0) is 257 Å². The Labute approximate surface area is 821 Å². The highest BCUT2D eigenvalue weighted by Crippen LogP contribution is 2.58. The third kappa shape index (κ3) is 18.7. The second-order valence-corrected chi connectivity index (χ2v) is 46.7. The number of fused-ring (bicyclic) bond motifs is 12. The number of alkyl halides is 3. The molecule has 25 nitrogen and oxygen atoms in total. The number of hydrogen-bond acceptors (Lipinski definition) is 22. The van der Waals surface area contributed by atoms with Crippen molar-refractivity contribution in [3.05, 3.63) is 208 Å². The van der Waals surface area contributed by atoms with E-state index >= 15 is 0 Å². The van der Waals surface area contributed by atoms with E-state index in [4.69, 9.17) is 26.6 Å². The molecule has 7 aliphatic carbocycles. The summed E-state index contributed by atoms with van der Waals surface area (Å²) in [5.41, 5.74) is 8.89. The monoisotopic (exact) mass is 1920 g/mol. The van der Waals surface area contributed by atoms with E-state index in [0.29, 0.717) is 148 Å². The molecule has 6 unspecified atom stereocenters. The maximum atomic E-state index is 13.2. The van der Waals surface area contributed by atoms with Crippen molar-refractivity contribution in [2.75, 3.05) is 78.5 Å². The molecule has 0 spiro atoms. The summed E-state index contributed by atoms with van der Waals surface area (Å²) in [5.74, 6) is 12.9. The van der Waals surface area contributed by atoms with E-state index in [9.17, 15) is 41.9 Å². The van der Waals surface area contributed by atoms with E-state index in [2.05, 4.69) is 164 Å². The number of nitrogens with one attached hydrogen (secondary N) is 6. The molecule has 6 aliphatic heterocycles. The van der Waals surface area contributed by atoms with Crippen LogP contribution in [0.25, 0.3) is 49.3 Å². The summed E-state index contributed by atoms with van der Waals surface area (Å²) in [6.45, 7) is 42.5. The van der Waals surface area contributed by atoms with Gasteiger partial charge in [-0.2, -0.15) is 13.2 Å². The second-order valence-electron chi connectivity index (χ2n) is 46.3. The molecule has 25 rings (SSSR count). The van der Waals surface area contributed by atoms with Crippen LogP contribution in [0, 0.1) is 141 Å². The summed E-state index contributed by atoms with van der Waals surface area (Å²) in [6, 6.07) is 30.9. The molecule has 12 aromatic rings. The average molecular weight is 1920 g/mol. The minimum Gasteiger partial charge on any atom is -0.316 e. The highest BCUT2D eigenvalue weighted by molar-refractivity contribution is 6.33. The van der Waals surface area contributed by atoms with E-state index < -0.39 is 17.4 Å². The predicted octanol–water partition coefficient (Wildman–Crippen LogP) is 15.9. The Bertz CT molecular complexity index is 6690. The molecule has 0 bridgehead atoms. The number of Topliss-reactive ketones (excluding diaryl/α,β-unsaturated/α-hetero) is 6. The molecule has 13 aliphatic rings. The summed E-state index contributed by atoms with van der Waals surface area (Å²) in [5, 5.41) is 33.3. The Morgan fingerprint density at radius 3 is 1.26 bits per heavy atom. The second kappa shape index (κ2) is 37.1. The van der Waals surface area contributed by atoms with Crippen LogP contribution in [0.1, 0.15) is 196 Å². The van der Waals surface area contributed by atoms with Crippen LogP contribution < -0.4 is 31.9 Å². The molecular weight excluding hydrogens is 1790 g/mol. The minimum absolute atomic E-state index is 0.0123. The Hall–Kier alpha value is -10.5. The fourth-order valence-corrected chi connectivity index (χ4v) is 26.2. The lowest BCUT2D eigenvalue weighted by molar-refractivity contribution is -0.145. The third-order valence-electron chi connectivity index (χ3n) is 33.9. The van der Waals surface area contributed by atoms with Crippen molar-refractivity contribution in [3.63, 3.8) is 0 Å². The normalized spacial score (nSPS) is 27.1. The Morgan fingerprint density at radius 2 is 0.793 bits per heavy atom. The van der Waals surface area contributed by atoms with Crippen molar-refractivity contribution in [3.8, 4) is 0 Å². The lowest BCUT2D eigenvalue weighted by atomic mass is 9.64. The molecule has 16 heterocycles. The topological polar surface area (TPSA) is 317 Å². The highest BCUT2D eigenvalue weighted by Gasteiger charge is 2.63. The van der Waals surface area contributed by atoms with E-state index in [-0.39, 0.29) is 80.1 Å². The largest absolute Gasteiger partial charge is 0.451 e. The summed E-state index contributed by atoms with van der Waals surface area (Å²) >= 11 is 6.22. The number of aromatic nitrogens is 13. The van der Waals surface area contributed by atoms with E-state index in [1.165, 1.54) is 17.5 Å². The van der Waals surface area contributed by atoms with Crippen LogP contribution in [0.4, 0.5) is 13.2 Å². The Morgan fingerprint density at radius 1 is 0.393 bits per heavy atom. The Kier molecular flexibility index (Phi) is 25.7. The standard InChI is InChI=1S/C20H25N3O.C19H20F3N3O.2C19H23N3O.C17H20ClN3O.C17H22N4O/c1-11-7-14-12(2)22-6-5-13(14)19(23-11)20(3,4)8-17(24)18-15-9-21-10-16(15)18;1-18(2,7-14(26)15-11-8-23-9-12(11)15)16-10-5-3-4-6-13(10)24-17(25-16)19(20,21)22;1-12-4-2-7-22-15(12)11-21-18(22)19(5-3-6-19)8-16(23)17-13-9-20-10-14(13)17;1-11-21-15-7-5-4-6-12(15)18(22-11)19(2,3)8-16(23)17-13-9-20-10-14(13)17;1-17(2,6-14(22)15-10-7-19-8-11(10)15)16-20-9-13-12(18)4-3-5-21(13)16;1-10-5-4-6-21-15(10)19-20-16(21)17(2,3)7-13(22)14-11-8-18-9-12(11)14/h5-7,15-16,18,21H,8-10H2,1-4H3;3-6,11-12,15,23H,7-9H2,1-2H3;2,4,7,11,13-14,17,20H,3,5-6,8-10H2,1H3;4-7,13-14,17,20H,8-10H2,1-3H3;3-5,9-11,15,19H,6-8H2,1-2H3;4-6,11-12,14,18H,7-9H2,1-3H3/t15-,16+,18?;11-,12+,15?;2*13-,14+,17?;10-,11+,15?;11-,12+,14?. The average Bonchev–Trinajstić information content (AvgIpc) is 1.58. The third-order valence-corrected chi connectivity index (χ3v) is 34.2. The number of pyridine rings is 5. The van der Waals surface area contributed by atoms with Crippen LogP contribution in [0.5, 0.6) is 0 Å². The minimum atomic E-state index is -4.63. The molecule has 6 N–H and O–H groups in total. The number of imidazole rings is 2. The SMILES string of the molecule is CC(C)(CC(=O)C1[C@H]2CNC[C@@H]12)c1nc(C(F)(F)F)nc2ccccc12.CC(C)(CC(=O)C1[C@H]2CNC[C@@H]12)c1ncc2c(Cl)cccn12.Cc1cc2c(C)nccc2c(C(C)(C)CC(=O)C2[C@H]3CNC[C@@H]23)n1.Cc1cccn2c(C(C)(C)CC(=O)C3[C@H]4CNC[C@@H]34)nnc12.Cc1cccn2c(C3(CC(=O)C4[C@H]5CNC[C@@H]45)CCC3)ncc12.Cc1nc(C(C)(C)CC(=O)C2[C@H]3CNC[C@@H]23)c2ccccc2n1. The van der Waals surface area contributed by atoms with Crippen LogP contribution in [-0.2, 0) is 67.4 Å². The van der Waals surface area contributed by atoms with Gasteiger partial charge in [-0.25, -0.2) is 29.9 Å². The lowest BCUT2D eigenvalue weighted by Crippen LogP contribution is -2.39. The molecule has 29 heteroatoms. The molecule has 13 fully saturated rings. The fourth-order valence-electron chi connectivity index (χ4n) is 26.0. The summed E-state index contributed by atoms with van der Waals surface area (Å²) in [4.78, 5) is 112. The first-order valence-electron chi connectivity index (χ1n) is 50.8. The number of rotatable bonds is 24. The summed E-state index contributed by atoms with van der Waals surface area (Å²) < 4.78 is 46.0. The van der Waals surface area contributed by atoms with Crippen molar-refractivity contribution in [2.45, 2.75) is 200 Å². The van der Waals surface area contributed by atoms with Crippen molar-refractivity contribution < 1.29 is 41.9 Å². The number of carbonyl (C=O) groups excluding carboxylic acids is 6. The maximum Gasteiger partial charge on any atom is 0.451 e. The van der Waals surface area contributed by atoms with Crippen LogP contribution in [-0.4, -0.2) is 177 Å². The van der Waals surface area contributed by atoms with Gasteiger partial charge in [0, 0.05) is 164 Å². The number of carbonyl (C=O) groups is 6. The molecule has 18 atom stereocenters. The van der Waals surface area contributed by atoms with Crippen LogP contribution in [0.15, 0.2) is 134 Å². The van der Waals surface area contributed by atoms with E-state index in [1.54, 1.807) is 44.3 Å². The zero-order chi connectivity index (χ0) is 98.5. The molecule has 0 amide bonds. The van der Waals surface area contributed by atoms with Gasteiger partial charge >= 0.3 is 6.18 Å². The first kappa shape index (κ1) is 97.0. The van der Waals surface area contributed by atoms with Gasteiger partial charge < -0.3 is 40.7 Å². The predicted molar refractivity (Wildman–Crippen MR) is 534 cm³/mol. The number of halogens is 4. The zero-order valence-electron chi connectivity index (χ0n) is 83.2. The number of nitrogens with zero attached hydrogens (tertiary/aromatic N) is 13. The Balaban J connectivity index is 0.000000103. The molecule has 736 valence electrons. The summed E-state index contributed by atoms with van der Waals surface area (Å²) in [7, 11) is 0. The number of ketones is 6. The van der Waals surface area contributed by atoms with E-state index in [1.807, 2.05) is 110 Å². The van der Waals surface area contributed by atoms with Crippen molar-refractivity contribution >= 4 is 95.6 Å². The molecule has 6 saturated heterocycles. The number of para-hydroxylation sites is 2. The zero-order valence-corrected chi connectivity index (χ0v) is 84.0. The molecule has 0 radical (unpaired) electrons. The summed E-state index contributed by atoms with van der Waals surface area (Å²) in [6.07, 6.45) is 13.5. The van der Waals surface area contributed by atoms with Gasteiger partial charge in [-0.15, -0.1) is 10.2 Å². The number of piperidine rings is 6. The van der Waals surface area contributed by atoms with Crippen LogP contribution in [0.2, 0.25) is 5.02 Å². The lowest BCUT2D eigenvalue weighted by Gasteiger charge is -2.40. The molecule has 7 saturated carbocycles. The number of hydrogen-bond donors (Lipinski definition) is 6. The number of aryl methyl sites for hydroxylation is 5. The van der Waals surface area contributed by atoms with Crippen molar-refractivity contribution in [1.82, 2.24) is 95.2 Å². The van der Waals surface area contributed by atoms with Gasteiger partial charge in [-0.3, -0.25) is 43.1 Å². The van der Waals surface area contributed by atoms with Gasteiger partial charge in [0.25, 0.3) is 0 Å². The van der Waals surface area contributed by atoms with Gasteiger partial charge in [0.15, 0.2) is 5.65 Å². The maximum absolute atomic E-state index is 13.2. The van der Waals surface area contributed by atoms with Crippen LogP contribution in [0.3, 0.4) is 0 Å². The van der Waals surface area contributed by atoms with Crippen molar-refractivity contribution in [2.24, 2.45) is 107 Å². The first-order chi connectivity index (χ1) is 66.7.